The van der Waals surface area contributed by atoms with Crippen LogP contribution in [0.5, 0.6) is 0 Å². The van der Waals surface area contributed by atoms with Gasteiger partial charge in [0.1, 0.15) is 5.78 Å². The first-order valence-electron chi connectivity index (χ1n) is 5.47. The molecule has 0 radical (unpaired) electrons. The number of hydrogen-bond donors (Lipinski definition) is 1. The molecule has 0 heterocycles. The van der Waals surface area contributed by atoms with Gasteiger partial charge in [-0.1, -0.05) is 39.0 Å². The Hall–Kier alpha value is -0.370. The van der Waals surface area contributed by atoms with E-state index in [-0.39, 0.29) is 5.78 Å². The van der Waals surface area contributed by atoms with Crippen molar-refractivity contribution in [1.29, 1.82) is 0 Å². The molecule has 0 rings (SSSR count). The molecule has 0 fully saturated rings. The standard InChI is InChI=1S/C11H23NO/c1-3-4-5-6-7-8-9-12-10-11(2)13/h12H,3-10H2,1-2H3. The van der Waals surface area contributed by atoms with Gasteiger partial charge in [0, 0.05) is 0 Å². The molecule has 78 valence electrons. The average Bonchev–Trinajstić information content (AvgIpc) is 2.09. The van der Waals surface area contributed by atoms with Crippen LogP contribution >= 0.6 is 0 Å². The molecule has 0 aliphatic rings. The van der Waals surface area contributed by atoms with E-state index in [0.29, 0.717) is 6.54 Å². The van der Waals surface area contributed by atoms with Crippen LogP contribution in [0.15, 0.2) is 0 Å². The third kappa shape index (κ3) is 11.6. The zero-order chi connectivity index (χ0) is 9.94. The predicted octanol–water partition coefficient (Wildman–Crippen LogP) is 2.53. The van der Waals surface area contributed by atoms with Gasteiger partial charge >= 0.3 is 0 Å². The van der Waals surface area contributed by atoms with E-state index in [1.165, 1.54) is 38.5 Å². The highest BCUT2D eigenvalue weighted by Crippen LogP contribution is 2.03. The number of ketones is 1. The van der Waals surface area contributed by atoms with E-state index in [1.54, 1.807) is 6.92 Å². The highest BCUT2D eigenvalue weighted by Gasteiger charge is 1.92. The van der Waals surface area contributed by atoms with E-state index >= 15 is 0 Å². The van der Waals surface area contributed by atoms with Gasteiger partial charge in [-0.15, -0.1) is 0 Å². The predicted molar refractivity (Wildman–Crippen MR) is 56.9 cm³/mol. The molecule has 0 spiro atoms. The zero-order valence-corrected chi connectivity index (χ0v) is 9.07. The first-order chi connectivity index (χ1) is 6.27. The molecule has 0 aromatic carbocycles. The van der Waals surface area contributed by atoms with Gasteiger partial charge in [0.15, 0.2) is 0 Å². The lowest BCUT2D eigenvalue weighted by molar-refractivity contribution is -0.116. The lowest BCUT2D eigenvalue weighted by Gasteiger charge is -2.01. The number of unbranched alkanes of at least 4 members (excludes halogenated alkanes) is 5. The number of carbonyl (C=O) groups is 1. The average molecular weight is 185 g/mol. The molecule has 0 aromatic heterocycles. The third-order valence-corrected chi connectivity index (χ3v) is 2.08. The Labute approximate surface area is 82.1 Å². The molecule has 1 N–H and O–H groups in total. The maximum Gasteiger partial charge on any atom is 0.143 e. The van der Waals surface area contributed by atoms with Crippen LogP contribution in [-0.4, -0.2) is 18.9 Å². The van der Waals surface area contributed by atoms with E-state index in [2.05, 4.69) is 12.2 Å². The summed E-state index contributed by atoms with van der Waals surface area (Å²) in [6.07, 6.45) is 7.88. The van der Waals surface area contributed by atoms with Gasteiger partial charge < -0.3 is 5.32 Å². The van der Waals surface area contributed by atoms with Crippen molar-refractivity contribution in [3.8, 4) is 0 Å². The molecule has 0 unspecified atom stereocenters. The maximum absolute atomic E-state index is 10.6. The minimum Gasteiger partial charge on any atom is -0.310 e. The Morgan fingerprint density at radius 1 is 1.08 bits per heavy atom. The maximum atomic E-state index is 10.6. The molecule has 0 atom stereocenters. The van der Waals surface area contributed by atoms with Crippen molar-refractivity contribution in [3.05, 3.63) is 0 Å². The van der Waals surface area contributed by atoms with Gasteiger partial charge in [-0.2, -0.15) is 0 Å². The summed E-state index contributed by atoms with van der Waals surface area (Å²) >= 11 is 0. The van der Waals surface area contributed by atoms with Crippen molar-refractivity contribution >= 4 is 5.78 Å². The van der Waals surface area contributed by atoms with E-state index in [9.17, 15) is 4.79 Å². The van der Waals surface area contributed by atoms with Crippen LogP contribution in [0.3, 0.4) is 0 Å². The Balaban J connectivity index is 2.87. The summed E-state index contributed by atoms with van der Waals surface area (Å²) in [6.45, 7) is 5.38. The van der Waals surface area contributed by atoms with Crippen LogP contribution in [0.25, 0.3) is 0 Å². The normalized spacial score (nSPS) is 10.3. The molecule has 0 aliphatic heterocycles. The minimum absolute atomic E-state index is 0.228. The number of Topliss-reactive ketones (excluding diaryl/α,β-unsaturated/α-hetero) is 1. The third-order valence-electron chi connectivity index (χ3n) is 2.08. The van der Waals surface area contributed by atoms with Crippen LogP contribution < -0.4 is 5.32 Å². The van der Waals surface area contributed by atoms with Crippen molar-refractivity contribution < 1.29 is 4.79 Å². The van der Waals surface area contributed by atoms with Crippen LogP contribution in [-0.2, 0) is 4.79 Å². The number of carbonyl (C=O) groups excluding carboxylic acids is 1. The van der Waals surface area contributed by atoms with Crippen LogP contribution in [0.4, 0.5) is 0 Å². The molecule has 0 aliphatic carbocycles. The van der Waals surface area contributed by atoms with Crippen molar-refractivity contribution in [2.45, 2.75) is 52.4 Å². The van der Waals surface area contributed by atoms with Crippen molar-refractivity contribution in [1.82, 2.24) is 5.32 Å². The smallest absolute Gasteiger partial charge is 0.143 e. The second-order valence-corrected chi connectivity index (χ2v) is 3.65. The minimum atomic E-state index is 0.228. The summed E-state index contributed by atoms with van der Waals surface area (Å²) in [4.78, 5) is 10.6. The lowest BCUT2D eigenvalue weighted by Crippen LogP contribution is -2.21. The van der Waals surface area contributed by atoms with Gasteiger partial charge in [-0.3, -0.25) is 4.79 Å². The topological polar surface area (TPSA) is 29.1 Å². The molecule has 2 nitrogen and oxygen atoms in total. The fraction of sp³-hybridized carbons (Fsp3) is 0.909. The molecule has 0 saturated heterocycles. The molecule has 0 bridgehead atoms. The summed E-state index contributed by atoms with van der Waals surface area (Å²) in [6, 6.07) is 0. The number of rotatable bonds is 9. The van der Waals surface area contributed by atoms with Crippen LogP contribution in [0, 0.1) is 0 Å². The SMILES string of the molecule is CCCCCCCCNCC(C)=O. The van der Waals surface area contributed by atoms with Crippen molar-refractivity contribution in [3.63, 3.8) is 0 Å². The molecule has 0 amide bonds. The van der Waals surface area contributed by atoms with E-state index in [1.807, 2.05) is 0 Å². The highest BCUT2D eigenvalue weighted by atomic mass is 16.1. The fourth-order valence-electron chi connectivity index (χ4n) is 1.29. The summed E-state index contributed by atoms with van der Waals surface area (Å²) in [5.74, 6) is 0.228. The van der Waals surface area contributed by atoms with Gasteiger partial charge in [0.05, 0.1) is 6.54 Å². The number of nitrogens with one attached hydrogen (secondary N) is 1. The molecular weight excluding hydrogens is 162 g/mol. The first-order valence-corrected chi connectivity index (χ1v) is 5.47. The monoisotopic (exact) mass is 185 g/mol. The summed E-state index contributed by atoms with van der Waals surface area (Å²) in [5.41, 5.74) is 0. The Kier molecular flexibility index (Phi) is 9.44. The van der Waals surface area contributed by atoms with Gasteiger partial charge in [0.25, 0.3) is 0 Å². The van der Waals surface area contributed by atoms with Gasteiger partial charge in [-0.05, 0) is 19.9 Å². The second-order valence-electron chi connectivity index (χ2n) is 3.65. The summed E-state index contributed by atoms with van der Waals surface area (Å²) in [5, 5.41) is 3.13. The summed E-state index contributed by atoms with van der Waals surface area (Å²) < 4.78 is 0. The molecule has 13 heavy (non-hydrogen) atoms. The largest absolute Gasteiger partial charge is 0.310 e. The Morgan fingerprint density at radius 3 is 2.31 bits per heavy atom. The lowest BCUT2D eigenvalue weighted by atomic mass is 10.1. The molecule has 0 saturated carbocycles. The quantitative estimate of drug-likeness (QED) is 0.559. The van der Waals surface area contributed by atoms with Crippen molar-refractivity contribution in [2.75, 3.05) is 13.1 Å². The van der Waals surface area contributed by atoms with E-state index in [0.717, 1.165) is 6.54 Å². The molecular formula is C11H23NO. The van der Waals surface area contributed by atoms with E-state index < -0.39 is 0 Å². The Morgan fingerprint density at radius 2 is 1.69 bits per heavy atom. The molecule has 0 aromatic rings. The van der Waals surface area contributed by atoms with Crippen LogP contribution in [0.2, 0.25) is 0 Å². The first kappa shape index (κ1) is 12.6. The summed E-state index contributed by atoms with van der Waals surface area (Å²) in [7, 11) is 0. The van der Waals surface area contributed by atoms with Gasteiger partial charge in [-0.25, -0.2) is 0 Å². The number of hydrogen-bond acceptors (Lipinski definition) is 2. The van der Waals surface area contributed by atoms with E-state index in [4.69, 9.17) is 0 Å². The zero-order valence-electron chi connectivity index (χ0n) is 9.07. The van der Waals surface area contributed by atoms with Crippen LogP contribution in [0.1, 0.15) is 52.4 Å². The highest BCUT2D eigenvalue weighted by molar-refractivity contribution is 5.77. The second kappa shape index (κ2) is 9.72. The fourth-order valence-corrected chi connectivity index (χ4v) is 1.29. The Bertz CT molecular complexity index is 123. The van der Waals surface area contributed by atoms with Gasteiger partial charge in [0.2, 0.25) is 0 Å². The molecule has 2 heteroatoms. The van der Waals surface area contributed by atoms with Crippen molar-refractivity contribution in [2.24, 2.45) is 0 Å².